The number of thiocarbonyl (C=S) groups is 1. The standard InChI is InChI=1S/C18H18Cl3N3O3S/c1-26-13-9-5-3-7-11(13)15(25)23-16(18(19,20)21)24-17(28)22-12-8-4-6-10-14(12)27-2/h3-10,16H,1-2H3,(H,23,25)(H2,22,24,28)/t16-/m1/s1. The molecular weight excluding hydrogens is 445 g/mol. The quantitative estimate of drug-likeness (QED) is 0.341. The van der Waals surface area contributed by atoms with Crippen molar-refractivity contribution in [3.63, 3.8) is 0 Å². The van der Waals surface area contributed by atoms with Crippen molar-refractivity contribution in [3.8, 4) is 11.5 Å². The van der Waals surface area contributed by atoms with E-state index in [0.29, 0.717) is 17.2 Å². The third-order valence-electron chi connectivity index (χ3n) is 3.58. The molecule has 0 aliphatic rings. The summed E-state index contributed by atoms with van der Waals surface area (Å²) in [6, 6.07) is 13.8. The van der Waals surface area contributed by atoms with Crippen molar-refractivity contribution in [2.24, 2.45) is 0 Å². The fourth-order valence-corrected chi connectivity index (χ4v) is 2.83. The summed E-state index contributed by atoms with van der Waals surface area (Å²) in [6.45, 7) is 0. The Morgan fingerprint density at radius 3 is 2.14 bits per heavy atom. The molecule has 1 atom stereocenters. The average Bonchev–Trinajstić information content (AvgIpc) is 2.67. The first kappa shape index (κ1) is 22.4. The third kappa shape index (κ3) is 6.04. The molecule has 0 aromatic heterocycles. The van der Waals surface area contributed by atoms with E-state index < -0.39 is 15.9 Å². The molecule has 10 heteroatoms. The van der Waals surface area contributed by atoms with E-state index in [0.717, 1.165) is 0 Å². The lowest BCUT2D eigenvalue weighted by Gasteiger charge is -2.28. The average molecular weight is 463 g/mol. The zero-order valence-corrected chi connectivity index (χ0v) is 18.0. The van der Waals surface area contributed by atoms with Gasteiger partial charge in [0.15, 0.2) is 5.11 Å². The number of carbonyl (C=O) groups excluding carboxylic acids is 1. The van der Waals surface area contributed by atoms with Gasteiger partial charge in [0.1, 0.15) is 17.7 Å². The monoisotopic (exact) mass is 461 g/mol. The number of methoxy groups -OCH3 is 2. The second-order valence-corrected chi connectivity index (χ2v) is 8.22. The fourth-order valence-electron chi connectivity index (χ4n) is 2.28. The van der Waals surface area contributed by atoms with Crippen molar-refractivity contribution < 1.29 is 14.3 Å². The molecule has 0 bridgehead atoms. The van der Waals surface area contributed by atoms with Crippen LogP contribution in [0.25, 0.3) is 0 Å². The van der Waals surface area contributed by atoms with Gasteiger partial charge >= 0.3 is 0 Å². The summed E-state index contributed by atoms with van der Waals surface area (Å²) in [4.78, 5) is 12.6. The van der Waals surface area contributed by atoms with Gasteiger partial charge in [-0.05, 0) is 36.5 Å². The predicted octanol–water partition coefficient (Wildman–Crippen LogP) is 4.12. The summed E-state index contributed by atoms with van der Waals surface area (Å²) in [5.41, 5.74) is 0.899. The second-order valence-electron chi connectivity index (χ2n) is 5.45. The molecular formula is C18H18Cl3N3O3S. The van der Waals surface area contributed by atoms with Gasteiger partial charge in [0.05, 0.1) is 25.5 Å². The van der Waals surface area contributed by atoms with E-state index in [-0.39, 0.29) is 10.7 Å². The molecule has 0 radical (unpaired) electrons. The molecule has 0 saturated carbocycles. The smallest absolute Gasteiger partial charge is 0.256 e. The maximum atomic E-state index is 12.6. The number of ether oxygens (including phenoxy) is 2. The summed E-state index contributed by atoms with van der Waals surface area (Å²) in [5, 5.41) is 8.47. The summed E-state index contributed by atoms with van der Waals surface area (Å²) < 4.78 is 8.56. The van der Waals surface area contributed by atoms with Gasteiger partial charge in [0, 0.05) is 0 Å². The first-order valence-electron chi connectivity index (χ1n) is 7.97. The molecule has 0 aliphatic heterocycles. The van der Waals surface area contributed by atoms with Gasteiger partial charge in [-0.3, -0.25) is 4.79 Å². The van der Waals surface area contributed by atoms with E-state index in [1.165, 1.54) is 14.2 Å². The van der Waals surface area contributed by atoms with Gasteiger partial charge in [-0.15, -0.1) is 0 Å². The zero-order valence-electron chi connectivity index (χ0n) is 15.0. The number of nitrogens with one attached hydrogen (secondary N) is 3. The summed E-state index contributed by atoms with van der Waals surface area (Å²) in [5.74, 6) is 0.467. The van der Waals surface area contributed by atoms with Crippen molar-refractivity contribution >= 4 is 63.7 Å². The first-order chi connectivity index (χ1) is 13.3. The number of carbonyl (C=O) groups is 1. The van der Waals surface area contributed by atoms with Crippen LogP contribution in [0.4, 0.5) is 5.69 Å². The van der Waals surface area contributed by atoms with Gasteiger partial charge in [-0.25, -0.2) is 0 Å². The van der Waals surface area contributed by atoms with Crippen molar-refractivity contribution in [3.05, 3.63) is 54.1 Å². The largest absolute Gasteiger partial charge is 0.496 e. The van der Waals surface area contributed by atoms with Crippen LogP contribution < -0.4 is 25.4 Å². The van der Waals surface area contributed by atoms with Crippen molar-refractivity contribution in [2.75, 3.05) is 19.5 Å². The maximum Gasteiger partial charge on any atom is 0.256 e. The summed E-state index contributed by atoms with van der Waals surface area (Å²) in [7, 11) is 3.00. The van der Waals surface area contributed by atoms with Crippen molar-refractivity contribution in [2.45, 2.75) is 9.96 Å². The van der Waals surface area contributed by atoms with E-state index in [9.17, 15) is 4.79 Å². The normalized spacial score (nSPS) is 11.9. The number of hydrogen-bond acceptors (Lipinski definition) is 4. The Hall–Kier alpha value is -1.93. The lowest BCUT2D eigenvalue weighted by molar-refractivity contribution is 0.0931. The lowest BCUT2D eigenvalue weighted by atomic mass is 10.2. The van der Waals surface area contributed by atoms with E-state index in [1.807, 2.05) is 12.1 Å². The highest BCUT2D eigenvalue weighted by atomic mass is 35.6. The van der Waals surface area contributed by atoms with Crippen LogP contribution in [-0.2, 0) is 0 Å². The Morgan fingerprint density at radius 1 is 0.964 bits per heavy atom. The highest BCUT2D eigenvalue weighted by Crippen LogP contribution is 2.30. The Kier molecular flexibility index (Phi) is 8.00. The zero-order chi connectivity index (χ0) is 20.7. The Labute approximate surface area is 183 Å². The molecule has 150 valence electrons. The number of rotatable bonds is 6. The van der Waals surface area contributed by atoms with Crippen LogP contribution in [0.3, 0.4) is 0 Å². The van der Waals surface area contributed by atoms with Crippen LogP contribution in [-0.4, -0.2) is 35.2 Å². The van der Waals surface area contributed by atoms with Gasteiger partial charge in [-0.1, -0.05) is 59.1 Å². The molecule has 0 fully saturated rings. The Balaban J connectivity index is 2.13. The number of hydrogen-bond donors (Lipinski definition) is 3. The molecule has 1 amide bonds. The molecule has 0 heterocycles. The second kappa shape index (κ2) is 10.0. The minimum absolute atomic E-state index is 0.126. The molecule has 0 spiro atoms. The van der Waals surface area contributed by atoms with Crippen molar-refractivity contribution in [1.29, 1.82) is 0 Å². The molecule has 0 saturated heterocycles. The number of halogens is 3. The Morgan fingerprint density at radius 2 is 1.54 bits per heavy atom. The van der Waals surface area contributed by atoms with Crippen molar-refractivity contribution in [1.82, 2.24) is 10.6 Å². The number of alkyl halides is 3. The van der Waals surface area contributed by atoms with Gasteiger partial charge in [-0.2, -0.15) is 0 Å². The highest BCUT2D eigenvalue weighted by molar-refractivity contribution is 7.80. The molecule has 6 nitrogen and oxygen atoms in total. The summed E-state index contributed by atoms with van der Waals surface area (Å²) in [6.07, 6.45) is -1.12. The SMILES string of the molecule is COc1ccccc1NC(=S)N[C@@H](NC(=O)c1ccccc1OC)C(Cl)(Cl)Cl. The van der Waals surface area contributed by atoms with Gasteiger partial charge in [0.2, 0.25) is 3.79 Å². The van der Waals surface area contributed by atoms with E-state index in [2.05, 4.69) is 16.0 Å². The van der Waals surface area contributed by atoms with E-state index in [1.54, 1.807) is 36.4 Å². The number of amides is 1. The van der Waals surface area contributed by atoms with Gasteiger partial charge < -0.3 is 25.4 Å². The first-order valence-corrected chi connectivity index (χ1v) is 9.51. The van der Waals surface area contributed by atoms with Crippen LogP contribution in [0.1, 0.15) is 10.4 Å². The van der Waals surface area contributed by atoms with Crippen LogP contribution in [0.2, 0.25) is 0 Å². The van der Waals surface area contributed by atoms with E-state index in [4.69, 9.17) is 56.5 Å². The molecule has 2 aromatic rings. The predicted molar refractivity (Wildman–Crippen MR) is 117 cm³/mol. The molecule has 3 N–H and O–H groups in total. The minimum atomic E-state index is -1.88. The molecule has 0 unspecified atom stereocenters. The lowest BCUT2D eigenvalue weighted by Crippen LogP contribution is -2.56. The fraction of sp³-hybridized carbons (Fsp3) is 0.222. The maximum absolute atomic E-state index is 12.6. The topological polar surface area (TPSA) is 71.6 Å². The number of anilines is 1. The van der Waals surface area contributed by atoms with Crippen LogP contribution in [0.5, 0.6) is 11.5 Å². The molecule has 2 aromatic carbocycles. The molecule has 2 rings (SSSR count). The van der Waals surface area contributed by atoms with Crippen LogP contribution in [0.15, 0.2) is 48.5 Å². The third-order valence-corrected chi connectivity index (χ3v) is 4.46. The minimum Gasteiger partial charge on any atom is -0.496 e. The Bertz CT molecular complexity index is 846. The number of benzene rings is 2. The van der Waals surface area contributed by atoms with Gasteiger partial charge in [0.25, 0.3) is 5.91 Å². The molecule has 0 aliphatic carbocycles. The number of para-hydroxylation sites is 3. The van der Waals surface area contributed by atoms with Crippen LogP contribution in [0, 0.1) is 0 Å². The van der Waals surface area contributed by atoms with Crippen LogP contribution >= 0.6 is 47.0 Å². The van der Waals surface area contributed by atoms with E-state index >= 15 is 0 Å². The molecule has 28 heavy (non-hydrogen) atoms. The summed E-state index contributed by atoms with van der Waals surface area (Å²) >= 11 is 23.3. The highest BCUT2D eigenvalue weighted by Gasteiger charge is 2.35.